The zero-order valence-corrected chi connectivity index (χ0v) is 13.7. The summed E-state index contributed by atoms with van der Waals surface area (Å²) in [5, 5.41) is 0. The van der Waals surface area contributed by atoms with Gasteiger partial charge in [-0.2, -0.15) is 0 Å². The summed E-state index contributed by atoms with van der Waals surface area (Å²) in [5.74, 6) is 4.11. The van der Waals surface area contributed by atoms with Crippen molar-refractivity contribution in [3.05, 3.63) is 36.4 Å². The van der Waals surface area contributed by atoms with E-state index in [-0.39, 0.29) is 0 Å². The maximum atomic E-state index is 4.56. The lowest BCUT2D eigenvalue weighted by atomic mass is 9.48. The molecule has 4 fully saturated rings. The molecule has 4 aliphatic carbocycles. The largest absolute Gasteiger partial charge is 0.342 e. The minimum absolute atomic E-state index is 0.661. The molecule has 0 saturated heterocycles. The van der Waals surface area contributed by atoms with E-state index in [0.29, 0.717) is 5.41 Å². The van der Waals surface area contributed by atoms with E-state index in [2.05, 4.69) is 21.0 Å². The van der Waals surface area contributed by atoms with Gasteiger partial charge in [-0.15, -0.1) is 0 Å². The number of aryl methyl sites for hydroxylation is 1. The maximum Gasteiger partial charge on any atom is 0.139 e. The summed E-state index contributed by atoms with van der Waals surface area (Å²) in [6.45, 7) is 0. The second kappa shape index (κ2) is 5.19. The molecule has 0 atom stereocenters. The van der Waals surface area contributed by atoms with Crippen molar-refractivity contribution in [2.24, 2.45) is 23.2 Å². The van der Waals surface area contributed by atoms with Gasteiger partial charge in [0.05, 0.1) is 0 Å². The van der Waals surface area contributed by atoms with Crippen LogP contribution in [0.3, 0.4) is 0 Å². The third kappa shape index (κ3) is 2.50. The Morgan fingerprint density at radius 3 is 2.43 bits per heavy atom. The third-order valence-electron chi connectivity index (χ3n) is 6.65. The minimum Gasteiger partial charge on any atom is -0.342 e. The van der Waals surface area contributed by atoms with Gasteiger partial charge in [0.25, 0.3) is 0 Å². The predicted octanol–water partition coefficient (Wildman–Crippen LogP) is 4.62. The second-order valence-electron chi connectivity index (χ2n) is 8.42. The third-order valence-corrected chi connectivity index (χ3v) is 6.65. The van der Waals surface area contributed by atoms with Crippen LogP contribution < -0.4 is 0 Å². The number of imidazole rings is 1. The summed E-state index contributed by atoms with van der Waals surface area (Å²) < 4.78 is 0. The van der Waals surface area contributed by atoms with Crippen LogP contribution in [-0.2, 0) is 6.42 Å². The zero-order valence-electron chi connectivity index (χ0n) is 13.7. The summed E-state index contributed by atoms with van der Waals surface area (Å²) in [7, 11) is 0. The molecule has 6 rings (SSSR count). The van der Waals surface area contributed by atoms with Crippen LogP contribution in [0.15, 0.2) is 30.7 Å². The number of H-pyrrole nitrogens is 1. The molecule has 0 unspecified atom stereocenters. The summed E-state index contributed by atoms with van der Waals surface area (Å²) in [6.07, 6.45) is 17.3. The first-order chi connectivity index (χ1) is 11.3. The Morgan fingerprint density at radius 2 is 1.78 bits per heavy atom. The first-order valence-corrected chi connectivity index (χ1v) is 9.22. The number of aromatic nitrogens is 3. The van der Waals surface area contributed by atoms with E-state index in [1.807, 2.05) is 18.5 Å². The summed E-state index contributed by atoms with van der Waals surface area (Å²) >= 11 is 0. The molecule has 23 heavy (non-hydrogen) atoms. The van der Waals surface area contributed by atoms with Gasteiger partial charge in [0.1, 0.15) is 5.82 Å². The number of aromatic amines is 1. The molecule has 4 aliphatic rings. The maximum absolute atomic E-state index is 4.56. The molecule has 3 heteroatoms. The van der Waals surface area contributed by atoms with E-state index in [9.17, 15) is 0 Å². The normalized spacial score (nSPS) is 34.9. The van der Waals surface area contributed by atoms with Crippen LogP contribution in [0.5, 0.6) is 0 Å². The Balaban J connectivity index is 1.29. The molecule has 120 valence electrons. The van der Waals surface area contributed by atoms with Crippen molar-refractivity contribution in [1.82, 2.24) is 15.0 Å². The van der Waals surface area contributed by atoms with Gasteiger partial charge in [-0.25, -0.2) is 4.98 Å². The van der Waals surface area contributed by atoms with Gasteiger partial charge in [-0.1, -0.05) is 0 Å². The van der Waals surface area contributed by atoms with Crippen molar-refractivity contribution in [2.75, 3.05) is 0 Å². The standard InChI is InChI=1S/C20H25N3/c1-2-17(12-21-5-1)19-22-13-18(23-19)3-4-20-9-14-6-15(10-20)8-16(7-14)11-20/h1-2,5,12-16H,3-4,6-11H2,(H,22,23). The Hall–Kier alpha value is -1.64. The van der Waals surface area contributed by atoms with Gasteiger partial charge < -0.3 is 4.98 Å². The van der Waals surface area contributed by atoms with E-state index in [4.69, 9.17) is 0 Å². The van der Waals surface area contributed by atoms with E-state index in [1.165, 1.54) is 50.6 Å². The topological polar surface area (TPSA) is 41.6 Å². The monoisotopic (exact) mass is 307 g/mol. The van der Waals surface area contributed by atoms with Crippen LogP contribution in [0.4, 0.5) is 0 Å². The zero-order chi connectivity index (χ0) is 15.3. The molecule has 2 aromatic heterocycles. The van der Waals surface area contributed by atoms with Crippen LogP contribution in [0.2, 0.25) is 0 Å². The van der Waals surface area contributed by atoms with E-state index in [0.717, 1.165) is 35.6 Å². The lowest BCUT2D eigenvalue weighted by Gasteiger charge is -2.57. The van der Waals surface area contributed by atoms with Crippen LogP contribution in [-0.4, -0.2) is 15.0 Å². The first kappa shape index (κ1) is 13.8. The Morgan fingerprint density at radius 1 is 1.04 bits per heavy atom. The number of hydrogen-bond acceptors (Lipinski definition) is 2. The van der Waals surface area contributed by atoms with E-state index >= 15 is 0 Å². The van der Waals surface area contributed by atoms with Gasteiger partial charge >= 0.3 is 0 Å². The molecule has 4 bridgehead atoms. The van der Waals surface area contributed by atoms with E-state index < -0.39 is 0 Å². The molecule has 0 spiro atoms. The van der Waals surface area contributed by atoms with Crippen LogP contribution in [0.25, 0.3) is 11.4 Å². The summed E-state index contributed by atoms with van der Waals surface area (Å²) in [5.41, 5.74) is 3.03. The van der Waals surface area contributed by atoms with Gasteiger partial charge in [0.15, 0.2) is 0 Å². The van der Waals surface area contributed by atoms with Crippen LogP contribution >= 0.6 is 0 Å². The molecule has 0 aliphatic heterocycles. The van der Waals surface area contributed by atoms with E-state index in [1.54, 1.807) is 6.20 Å². The molecule has 2 heterocycles. The minimum atomic E-state index is 0.661. The molecule has 4 saturated carbocycles. The lowest BCUT2D eigenvalue weighted by Crippen LogP contribution is -2.46. The predicted molar refractivity (Wildman–Crippen MR) is 90.7 cm³/mol. The molecule has 2 aromatic rings. The molecular formula is C20H25N3. The fourth-order valence-corrected chi connectivity index (χ4v) is 6.13. The quantitative estimate of drug-likeness (QED) is 0.895. The number of nitrogens with one attached hydrogen (secondary N) is 1. The van der Waals surface area contributed by atoms with Crippen LogP contribution in [0, 0.1) is 23.2 Å². The number of nitrogens with zero attached hydrogens (tertiary/aromatic N) is 2. The Bertz CT molecular complexity index is 653. The van der Waals surface area contributed by atoms with Crippen molar-refractivity contribution in [3.8, 4) is 11.4 Å². The Kier molecular flexibility index (Phi) is 3.10. The van der Waals surface area contributed by atoms with Crippen molar-refractivity contribution >= 4 is 0 Å². The number of pyridine rings is 1. The highest BCUT2D eigenvalue weighted by atomic mass is 14.9. The average molecular weight is 307 g/mol. The van der Waals surface area contributed by atoms with Crippen molar-refractivity contribution in [3.63, 3.8) is 0 Å². The number of rotatable bonds is 4. The smallest absolute Gasteiger partial charge is 0.139 e. The molecule has 0 aromatic carbocycles. The Labute approximate surface area is 137 Å². The fourth-order valence-electron chi connectivity index (χ4n) is 6.13. The lowest BCUT2D eigenvalue weighted by molar-refractivity contribution is -0.0570. The molecular weight excluding hydrogens is 282 g/mol. The summed E-state index contributed by atoms with van der Waals surface area (Å²) in [6, 6.07) is 4.03. The fraction of sp³-hybridized carbons (Fsp3) is 0.600. The molecule has 3 nitrogen and oxygen atoms in total. The van der Waals surface area contributed by atoms with Crippen molar-refractivity contribution in [2.45, 2.75) is 51.4 Å². The highest BCUT2D eigenvalue weighted by Crippen LogP contribution is 2.61. The highest BCUT2D eigenvalue weighted by Gasteiger charge is 2.50. The first-order valence-electron chi connectivity index (χ1n) is 9.22. The second-order valence-corrected chi connectivity index (χ2v) is 8.42. The SMILES string of the molecule is c1cncc(-c2ncc(CCC34CC5CC(CC(C5)C3)C4)[nH]2)c1. The highest BCUT2D eigenvalue weighted by molar-refractivity contribution is 5.53. The molecule has 1 N–H and O–H groups in total. The van der Waals surface area contributed by atoms with Gasteiger partial charge in [0, 0.05) is 29.8 Å². The molecule has 0 radical (unpaired) electrons. The summed E-state index contributed by atoms with van der Waals surface area (Å²) in [4.78, 5) is 12.2. The van der Waals surface area contributed by atoms with Gasteiger partial charge in [0.2, 0.25) is 0 Å². The number of hydrogen-bond donors (Lipinski definition) is 1. The van der Waals surface area contributed by atoms with Crippen molar-refractivity contribution in [1.29, 1.82) is 0 Å². The molecule has 0 amide bonds. The average Bonchev–Trinajstić information content (AvgIpc) is 3.02. The van der Waals surface area contributed by atoms with Crippen LogP contribution in [0.1, 0.15) is 50.6 Å². The van der Waals surface area contributed by atoms with Gasteiger partial charge in [-0.3, -0.25) is 4.98 Å². The van der Waals surface area contributed by atoms with Crippen molar-refractivity contribution < 1.29 is 0 Å². The van der Waals surface area contributed by atoms with Gasteiger partial charge in [-0.05, 0) is 86.7 Å².